The molecule has 1 saturated heterocycles. The van der Waals surface area contributed by atoms with Crippen molar-refractivity contribution in [2.75, 3.05) is 26.2 Å². The number of carbonyl (C=O) groups is 2. The van der Waals surface area contributed by atoms with E-state index in [1.54, 1.807) is 0 Å². The quantitative estimate of drug-likeness (QED) is 0.747. The highest BCUT2D eigenvalue weighted by Gasteiger charge is 2.48. The highest BCUT2D eigenvalue weighted by atomic mass is 79.9. The average Bonchev–Trinajstić information content (AvgIpc) is 2.69. The first-order valence-electron chi connectivity index (χ1n) is 9.50. The molecule has 2 aromatic rings. The third-order valence-electron chi connectivity index (χ3n) is 5.89. The molecule has 4 rings (SSSR count). The second-order valence-corrected chi connectivity index (χ2v) is 8.31. The largest absolute Gasteiger partial charge is 0.338 e. The van der Waals surface area contributed by atoms with E-state index < -0.39 is 0 Å². The number of hydrogen-bond acceptors (Lipinski definition) is 2. The number of amides is 2. The van der Waals surface area contributed by atoms with Crippen molar-refractivity contribution in [3.05, 3.63) is 70.2 Å². The van der Waals surface area contributed by atoms with Gasteiger partial charge in [-0.1, -0.05) is 52.7 Å². The van der Waals surface area contributed by atoms with Gasteiger partial charge in [0.1, 0.15) is 0 Å². The molecule has 0 aromatic heterocycles. The van der Waals surface area contributed by atoms with Crippen molar-refractivity contribution in [1.29, 1.82) is 0 Å². The lowest BCUT2D eigenvalue weighted by molar-refractivity contribution is -0.142. The molecule has 1 heterocycles. The molecule has 0 unspecified atom stereocenters. The first-order valence-corrected chi connectivity index (χ1v) is 10.3. The summed E-state index contributed by atoms with van der Waals surface area (Å²) < 4.78 is 1.03. The smallest absolute Gasteiger partial charge is 0.253 e. The van der Waals surface area contributed by atoms with E-state index in [4.69, 9.17) is 0 Å². The fourth-order valence-corrected chi connectivity index (χ4v) is 4.37. The maximum absolute atomic E-state index is 13.3. The molecule has 2 fully saturated rings. The number of benzene rings is 2. The van der Waals surface area contributed by atoms with Crippen LogP contribution in [0.1, 0.15) is 35.2 Å². The van der Waals surface area contributed by atoms with Crippen molar-refractivity contribution in [3.8, 4) is 0 Å². The van der Waals surface area contributed by atoms with Crippen molar-refractivity contribution >= 4 is 27.7 Å². The first-order chi connectivity index (χ1) is 13.1. The SMILES string of the molecule is O=C(c1ccccc1)N1CCN(C(=O)C2(c3ccc(Br)cc3)CCC2)CC1. The standard InChI is InChI=1S/C22H23BrN2O2/c23-19-9-7-18(8-10-19)22(11-4-12-22)21(27)25-15-13-24(14-16-25)20(26)17-5-2-1-3-6-17/h1-3,5-10H,4,11-16H2. The maximum atomic E-state index is 13.3. The van der Waals surface area contributed by atoms with Crippen molar-refractivity contribution in [3.63, 3.8) is 0 Å². The summed E-state index contributed by atoms with van der Waals surface area (Å²) in [6, 6.07) is 17.5. The van der Waals surface area contributed by atoms with E-state index in [9.17, 15) is 9.59 Å². The number of piperazine rings is 1. The summed E-state index contributed by atoms with van der Waals surface area (Å²) in [5.74, 6) is 0.275. The Morgan fingerprint density at radius 1 is 0.815 bits per heavy atom. The number of nitrogens with zero attached hydrogens (tertiary/aromatic N) is 2. The van der Waals surface area contributed by atoms with E-state index in [2.05, 4.69) is 28.1 Å². The molecule has 0 radical (unpaired) electrons. The van der Waals surface area contributed by atoms with Crippen LogP contribution >= 0.6 is 15.9 Å². The van der Waals surface area contributed by atoms with Crippen LogP contribution in [-0.4, -0.2) is 47.8 Å². The normalized spacial score (nSPS) is 18.7. The zero-order valence-corrected chi connectivity index (χ0v) is 16.8. The number of halogens is 1. The minimum Gasteiger partial charge on any atom is -0.338 e. The van der Waals surface area contributed by atoms with Crippen molar-refractivity contribution in [2.24, 2.45) is 0 Å². The zero-order chi connectivity index (χ0) is 18.9. The van der Waals surface area contributed by atoms with E-state index in [0.717, 1.165) is 29.3 Å². The molecule has 140 valence electrons. The van der Waals surface area contributed by atoms with E-state index >= 15 is 0 Å². The van der Waals surface area contributed by atoms with Crippen LogP contribution in [0.15, 0.2) is 59.1 Å². The Labute approximate surface area is 168 Å². The van der Waals surface area contributed by atoms with Gasteiger partial charge < -0.3 is 9.80 Å². The zero-order valence-electron chi connectivity index (χ0n) is 15.2. The Balaban J connectivity index is 1.44. The predicted molar refractivity (Wildman–Crippen MR) is 109 cm³/mol. The summed E-state index contributed by atoms with van der Waals surface area (Å²) in [5, 5.41) is 0. The van der Waals surface area contributed by atoms with Gasteiger partial charge in [-0.05, 0) is 42.7 Å². The van der Waals surface area contributed by atoms with E-state index in [1.807, 2.05) is 52.3 Å². The fraction of sp³-hybridized carbons (Fsp3) is 0.364. The molecule has 27 heavy (non-hydrogen) atoms. The Morgan fingerprint density at radius 3 is 1.96 bits per heavy atom. The van der Waals surface area contributed by atoms with E-state index in [1.165, 1.54) is 0 Å². The fourth-order valence-electron chi connectivity index (χ4n) is 4.10. The molecule has 2 amide bonds. The van der Waals surface area contributed by atoms with Crippen LogP contribution < -0.4 is 0 Å². The molecule has 1 aliphatic carbocycles. The minimum atomic E-state index is -0.369. The van der Waals surface area contributed by atoms with Gasteiger partial charge in [0.2, 0.25) is 5.91 Å². The van der Waals surface area contributed by atoms with Gasteiger partial charge in [0.05, 0.1) is 5.41 Å². The molecule has 2 aromatic carbocycles. The summed E-state index contributed by atoms with van der Waals surface area (Å²) in [5.41, 5.74) is 1.46. The van der Waals surface area contributed by atoms with Gasteiger partial charge >= 0.3 is 0 Å². The third-order valence-corrected chi connectivity index (χ3v) is 6.42. The molecule has 0 N–H and O–H groups in total. The second-order valence-electron chi connectivity index (χ2n) is 7.39. The maximum Gasteiger partial charge on any atom is 0.253 e. The lowest BCUT2D eigenvalue weighted by Gasteiger charge is -2.46. The molecule has 4 nitrogen and oxygen atoms in total. The average molecular weight is 427 g/mol. The van der Waals surface area contributed by atoms with Gasteiger partial charge in [0.15, 0.2) is 0 Å². The van der Waals surface area contributed by atoms with Crippen molar-refractivity contribution in [1.82, 2.24) is 9.80 Å². The molecule has 1 aliphatic heterocycles. The van der Waals surface area contributed by atoms with Gasteiger partial charge in [-0.3, -0.25) is 9.59 Å². The van der Waals surface area contributed by atoms with Crippen LogP contribution in [0, 0.1) is 0 Å². The van der Waals surface area contributed by atoms with Crippen LogP contribution in [0.4, 0.5) is 0 Å². The number of hydrogen-bond donors (Lipinski definition) is 0. The van der Waals surface area contributed by atoms with Crippen molar-refractivity contribution < 1.29 is 9.59 Å². The number of rotatable bonds is 3. The summed E-state index contributed by atoms with van der Waals surface area (Å²) in [6.07, 6.45) is 2.92. The summed E-state index contributed by atoms with van der Waals surface area (Å²) in [4.78, 5) is 29.8. The van der Waals surface area contributed by atoms with E-state index in [-0.39, 0.29) is 17.2 Å². The lowest BCUT2D eigenvalue weighted by Crippen LogP contribution is -2.57. The second kappa shape index (κ2) is 7.47. The lowest BCUT2D eigenvalue weighted by atomic mass is 9.63. The Hall–Kier alpha value is -2.14. The van der Waals surface area contributed by atoms with Crippen molar-refractivity contribution in [2.45, 2.75) is 24.7 Å². The summed E-state index contributed by atoms with van der Waals surface area (Å²) >= 11 is 3.47. The predicted octanol–water partition coefficient (Wildman–Crippen LogP) is 3.86. The molecule has 0 atom stereocenters. The van der Waals surface area contributed by atoms with Crippen LogP contribution in [-0.2, 0) is 10.2 Å². The Kier molecular flexibility index (Phi) is 5.04. The van der Waals surface area contributed by atoms with Gasteiger partial charge in [-0.25, -0.2) is 0 Å². The first kappa shape index (κ1) is 18.2. The monoisotopic (exact) mass is 426 g/mol. The summed E-state index contributed by atoms with van der Waals surface area (Å²) in [6.45, 7) is 2.40. The minimum absolute atomic E-state index is 0.0500. The molecule has 2 aliphatic rings. The molecule has 5 heteroatoms. The van der Waals surface area contributed by atoms with Gasteiger partial charge in [-0.2, -0.15) is 0 Å². The Bertz CT molecular complexity index is 823. The van der Waals surface area contributed by atoms with Crippen LogP contribution in [0.3, 0.4) is 0 Å². The van der Waals surface area contributed by atoms with Crippen LogP contribution in [0.2, 0.25) is 0 Å². The molecular weight excluding hydrogens is 404 g/mol. The van der Waals surface area contributed by atoms with Gasteiger partial charge in [0, 0.05) is 36.2 Å². The third kappa shape index (κ3) is 3.41. The highest BCUT2D eigenvalue weighted by molar-refractivity contribution is 9.10. The van der Waals surface area contributed by atoms with Crippen LogP contribution in [0.5, 0.6) is 0 Å². The molecule has 1 saturated carbocycles. The summed E-state index contributed by atoms with van der Waals surface area (Å²) in [7, 11) is 0. The Morgan fingerprint density at radius 2 is 1.41 bits per heavy atom. The highest BCUT2D eigenvalue weighted by Crippen LogP contribution is 2.45. The molecular formula is C22H23BrN2O2. The van der Waals surface area contributed by atoms with Crippen LogP contribution in [0.25, 0.3) is 0 Å². The van der Waals surface area contributed by atoms with E-state index in [0.29, 0.717) is 31.7 Å². The topological polar surface area (TPSA) is 40.6 Å². The molecule has 0 bridgehead atoms. The van der Waals surface area contributed by atoms with Gasteiger partial charge in [-0.15, -0.1) is 0 Å². The molecule has 0 spiro atoms. The number of carbonyl (C=O) groups excluding carboxylic acids is 2. The van der Waals surface area contributed by atoms with Gasteiger partial charge in [0.25, 0.3) is 5.91 Å².